The van der Waals surface area contributed by atoms with E-state index in [0.29, 0.717) is 0 Å². The van der Waals surface area contributed by atoms with Gasteiger partial charge in [-0.05, 0) is 44.9 Å². The van der Waals surface area contributed by atoms with Gasteiger partial charge in [0.25, 0.3) is 0 Å². The van der Waals surface area contributed by atoms with Crippen LogP contribution in [0.2, 0.25) is 0 Å². The molecule has 0 aliphatic heterocycles. The Kier molecular flexibility index (Phi) is 4.02. The Labute approximate surface area is 124 Å². The summed E-state index contributed by atoms with van der Waals surface area (Å²) >= 11 is 0. The average molecular weight is 287 g/mol. The molecule has 5 nitrogen and oxygen atoms in total. The van der Waals surface area contributed by atoms with Gasteiger partial charge in [0.05, 0.1) is 6.20 Å². The second-order valence-corrected chi connectivity index (χ2v) is 6.03. The van der Waals surface area contributed by atoms with Crippen molar-refractivity contribution in [3.63, 3.8) is 0 Å². The first-order valence-corrected chi connectivity index (χ1v) is 6.86. The van der Waals surface area contributed by atoms with Crippen molar-refractivity contribution in [1.82, 2.24) is 9.78 Å². The minimum absolute atomic E-state index is 0.0959. The third-order valence-electron chi connectivity index (χ3n) is 3.03. The second-order valence-electron chi connectivity index (χ2n) is 6.03. The zero-order valence-corrected chi connectivity index (χ0v) is 12.9. The number of hydrogen-bond donors (Lipinski definition) is 1. The van der Waals surface area contributed by atoms with E-state index in [1.54, 1.807) is 10.9 Å². The molecule has 0 atom stereocenters. The zero-order valence-electron chi connectivity index (χ0n) is 12.9. The fourth-order valence-electron chi connectivity index (χ4n) is 2.06. The van der Waals surface area contributed by atoms with Crippen LogP contribution in [0.1, 0.15) is 26.3 Å². The van der Waals surface area contributed by atoms with Crippen molar-refractivity contribution in [3.05, 3.63) is 36.2 Å². The molecular weight excluding hydrogens is 266 g/mol. The lowest BCUT2D eigenvalue weighted by molar-refractivity contribution is -0.155. The van der Waals surface area contributed by atoms with Gasteiger partial charge in [0.2, 0.25) is 0 Å². The van der Waals surface area contributed by atoms with E-state index in [1.807, 2.05) is 52.1 Å². The summed E-state index contributed by atoms with van der Waals surface area (Å²) in [4.78, 5) is 11.8. The fourth-order valence-corrected chi connectivity index (χ4v) is 2.06. The van der Waals surface area contributed by atoms with Crippen LogP contribution in [-0.4, -0.2) is 21.4 Å². The van der Waals surface area contributed by atoms with Crippen LogP contribution >= 0.6 is 0 Å². The van der Waals surface area contributed by atoms with E-state index in [2.05, 4.69) is 5.10 Å². The minimum atomic E-state index is -0.489. The normalized spacial score (nSPS) is 11.4. The molecule has 2 rings (SSSR count). The molecule has 0 unspecified atom stereocenters. The number of carbonyl (C=O) groups excluding carboxylic acids is 1. The molecule has 0 radical (unpaired) electrons. The minimum Gasteiger partial charge on any atom is -0.459 e. The molecule has 0 amide bonds. The molecule has 112 valence electrons. The molecule has 0 saturated carbocycles. The highest BCUT2D eigenvalue weighted by Gasteiger charge is 2.17. The molecule has 1 aromatic heterocycles. The SMILES string of the molecule is Cc1c(N)cccc1-c1cnn(CC(=O)OC(C)(C)C)c1. The van der Waals surface area contributed by atoms with Gasteiger partial charge in [-0.15, -0.1) is 0 Å². The maximum absolute atomic E-state index is 11.8. The van der Waals surface area contributed by atoms with E-state index in [-0.39, 0.29) is 12.5 Å². The summed E-state index contributed by atoms with van der Waals surface area (Å²) in [6.07, 6.45) is 3.55. The zero-order chi connectivity index (χ0) is 15.6. The first-order chi connectivity index (χ1) is 9.76. The van der Waals surface area contributed by atoms with Crippen molar-refractivity contribution in [2.75, 3.05) is 5.73 Å². The number of nitrogen functional groups attached to an aromatic ring is 1. The van der Waals surface area contributed by atoms with Crippen molar-refractivity contribution in [2.45, 2.75) is 39.8 Å². The molecule has 0 fully saturated rings. The van der Waals surface area contributed by atoms with Crippen molar-refractivity contribution >= 4 is 11.7 Å². The Morgan fingerprint density at radius 1 is 1.38 bits per heavy atom. The highest BCUT2D eigenvalue weighted by atomic mass is 16.6. The van der Waals surface area contributed by atoms with E-state index in [1.165, 1.54) is 0 Å². The van der Waals surface area contributed by atoms with Gasteiger partial charge in [0.1, 0.15) is 12.1 Å². The molecule has 1 aromatic carbocycles. The van der Waals surface area contributed by atoms with E-state index in [9.17, 15) is 4.79 Å². The number of esters is 1. The number of rotatable bonds is 3. The summed E-state index contributed by atoms with van der Waals surface area (Å²) in [6, 6.07) is 5.76. The quantitative estimate of drug-likeness (QED) is 0.696. The van der Waals surface area contributed by atoms with Crippen LogP contribution in [0.3, 0.4) is 0 Å². The first kappa shape index (κ1) is 15.1. The molecule has 0 bridgehead atoms. The molecule has 2 aromatic rings. The number of hydrogen-bond acceptors (Lipinski definition) is 4. The molecule has 0 spiro atoms. The van der Waals surface area contributed by atoms with Crippen molar-refractivity contribution < 1.29 is 9.53 Å². The highest BCUT2D eigenvalue weighted by Crippen LogP contribution is 2.26. The number of carbonyl (C=O) groups is 1. The van der Waals surface area contributed by atoms with E-state index < -0.39 is 5.60 Å². The van der Waals surface area contributed by atoms with Crippen LogP contribution in [0.4, 0.5) is 5.69 Å². The summed E-state index contributed by atoms with van der Waals surface area (Å²) in [5.41, 5.74) is 9.13. The van der Waals surface area contributed by atoms with Crippen LogP contribution in [0.15, 0.2) is 30.6 Å². The van der Waals surface area contributed by atoms with Gasteiger partial charge >= 0.3 is 5.97 Å². The summed E-state index contributed by atoms with van der Waals surface area (Å²) in [5, 5.41) is 4.21. The van der Waals surface area contributed by atoms with Gasteiger partial charge in [-0.2, -0.15) is 5.10 Å². The van der Waals surface area contributed by atoms with Gasteiger partial charge in [-0.25, -0.2) is 0 Å². The third-order valence-corrected chi connectivity index (χ3v) is 3.03. The Morgan fingerprint density at radius 2 is 2.10 bits per heavy atom. The standard InChI is InChI=1S/C16H21N3O2/c1-11-13(6-5-7-14(11)17)12-8-18-19(9-12)10-15(20)21-16(2,3)4/h5-9H,10,17H2,1-4H3. The molecule has 0 saturated heterocycles. The second kappa shape index (κ2) is 5.60. The summed E-state index contributed by atoms with van der Waals surface area (Å²) < 4.78 is 6.86. The molecule has 21 heavy (non-hydrogen) atoms. The highest BCUT2D eigenvalue weighted by molar-refractivity contribution is 5.73. The number of ether oxygens (including phenoxy) is 1. The van der Waals surface area contributed by atoms with Gasteiger partial charge in [-0.1, -0.05) is 12.1 Å². The Balaban J connectivity index is 2.15. The van der Waals surface area contributed by atoms with Crippen LogP contribution in [0, 0.1) is 6.92 Å². The van der Waals surface area contributed by atoms with Gasteiger partial charge in [0, 0.05) is 17.4 Å². The van der Waals surface area contributed by atoms with Gasteiger partial charge in [-0.3, -0.25) is 9.48 Å². The number of aromatic nitrogens is 2. The lowest BCUT2D eigenvalue weighted by atomic mass is 10.0. The van der Waals surface area contributed by atoms with E-state index in [4.69, 9.17) is 10.5 Å². The lowest BCUT2D eigenvalue weighted by Gasteiger charge is -2.19. The largest absolute Gasteiger partial charge is 0.459 e. The molecule has 5 heteroatoms. The number of benzene rings is 1. The topological polar surface area (TPSA) is 70.1 Å². The Bertz CT molecular complexity index is 654. The smallest absolute Gasteiger partial charge is 0.328 e. The van der Waals surface area contributed by atoms with Crippen molar-refractivity contribution in [3.8, 4) is 11.1 Å². The number of nitrogens with zero attached hydrogens (tertiary/aromatic N) is 2. The van der Waals surface area contributed by atoms with Crippen molar-refractivity contribution in [2.24, 2.45) is 0 Å². The molecule has 0 aliphatic rings. The Morgan fingerprint density at radius 3 is 2.76 bits per heavy atom. The summed E-state index contributed by atoms with van der Waals surface area (Å²) in [6.45, 7) is 7.59. The average Bonchev–Trinajstić information content (AvgIpc) is 2.78. The van der Waals surface area contributed by atoms with Crippen LogP contribution < -0.4 is 5.73 Å². The van der Waals surface area contributed by atoms with E-state index in [0.717, 1.165) is 22.4 Å². The molecule has 1 heterocycles. The van der Waals surface area contributed by atoms with Crippen LogP contribution in [0.5, 0.6) is 0 Å². The van der Waals surface area contributed by atoms with Crippen LogP contribution in [0.25, 0.3) is 11.1 Å². The fraction of sp³-hybridized carbons (Fsp3) is 0.375. The summed E-state index contributed by atoms with van der Waals surface area (Å²) in [7, 11) is 0. The lowest BCUT2D eigenvalue weighted by Crippen LogP contribution is -2.26. The number of anilines is 1. The number of nitrogens with two attached hydrogens (primary N) is 1. The Hall–Kier alpha value is -2.30. The predicted octanol–water partition coefficient (Wildman–Crippen LogP) is 2.78. The maximum Gasteiger partial charge on any atom is 0.328 e. The van der Waals surface area contributed by atoms with Gasteiger partial charge in [0.15, 0.2) is 0 Å². The monoisotopic (exact) mass is 287 g/mol. The molecular formula is C16H21N3O2. The predicted molar refractivity (Wildman–Crippen MR) is 82.7 cm³/mol. The maximum atomic E-state index is 11.8. The van der Waals surface area contributed by atoms with E-state index >= 15 is 0 Å². The summed E-state index contributed by atoms with van der Waals surface area (Å²) in [5.74, 6) is -0.304. The first-order valence-electron chi connectivity index (χ1n) is 6.86. The molecule has 0 aliphatic carbocycles. The third kappa shape index (κ3) is 3.84. The van der Waals surface area contributed by atoms with Gasteiger partial charge < -0.3 is 10.5 Å². The van der Waals surface area contributed by atoms with Crippen molar-refractivity contribution in [1.29, 1.82) is 0 Å². The van der Waals surface area contributed by atoms with Crippen LogP contribution in [-0.2, 0) is 16.1 Å². The molecule has 2 N–H and O–H groups in total.